The molecule has 0 saturated heterocycles. The first-order chi connectivity index (χ1) is 9.22. The van der Waals surface area contributed by atoms with Gasteiger partial charge in [0, 0.05) is 0 Å². The Morgan fingerprint density at radius 2 is 0.750 bits per heavy atom. The van der Waals surface area contributed by atoms with Gasteiger partial charge >= 0.3 is 0 Å². The van der Waals surface area contributed by atoms with Crippen molar-refractivity contribution in [3.63, 3.8) is 0 Å². The monoisotopic (exact) mass is 311 g/mol. The first-order valence-corrected chi connectivity index (χ1v) is 7.89. The van der Waals surface area contributed by atoms with Crippen LogP contribution in [0.5, 0.6) is 0 Å². The van der Waals surface area contributed by atoms with Gasteiger partial charge in [0.05, 0.1) is 18.1 Å². The van der Waals surface area contributed by atoms with E-state index in [4.69, 9.17) is 17.2 Å². The van der Waals surface area contributed by atoms with Crippen molar-refractivity contribution in [3.8, 4) is 0 Å². The molecule has 0 saturated carbocycles. The fourth-order valence-corrected chi connectivity index (χ4v) is 0. The zero-order valence-corrected chi connectivity index (χ0v) is 14.6. The standard InChI is InChI=1S/3C3H7NO.C2H6S.C2H6/c3*1-3(4)2-5;1-3-2;1-2/h3*2-3H,4H2,1H3;1-2H3;1-2H3/t3*3-;;/m111../s1. The Morgan fingerprint density at radius 3 is 0.750 bits per heavy atom. The first-order valence-electron chi connectivity index (χ1n) is 6.26. The lowest BCUT2D eigenvalue weighted by Crippen LogP contribution is -2.15. The molecule has 0 fully saturated rings. The van der Waals surface area contributed by atoms with E-state index in [1.807, 2.05) is 26.4 Å². The SMILES string of the molecule is CC.CSC.C[C@@H](N)C=O.C[C@@H](N)C=O.C[C@@H](N)C=O. The molecule has 0 heterocycles. The molecule has 6 nitrogen and oxygen atoms in total. The van der Waals surface area contributed by atoms with Crippen LogP contribution in [-0.4, -0.2) is 49.5 Å². The van der Waals surface area contributed by atoms with Crippen LogP contribution in [0.15, 0.2) is 0 Å². The van der Waals surface area contributed by atoms with E-state index in [-0.39, 0.29) is 18.1 Å². The molecular weight excluding hydrogens is 278 g/mol. The number of hydrogen-bond acceptors (Lipinski definition) is 7. The average Bonchev–Trinajstić information content (AvgIpc) is 2.43. The van der Waals surface area contributed by atoms with Gasteiger partial charge in [-0.05, 0) is 33.3 Å². The normalized spacial score (nSPS) is 11.7. The maximum absolute atomic E-state index is 9.38. The van der Waals surface area contributed by atoms with E-state index in [0.29, 0.717) is 18.9 Å². The van der Waals surface area contributed by atoms with E-state index in [2.05, 4.69) is 0 Å². The van der Waals surface area contributed by atoms with Crippen LogP contribution in [0.3, 0.4) is 0 Å². The van der Waals surface area contributed by atoms with Gasteiger partial charge in [-0.25, -0.2) is 0 Å². The van der Waals surface area contributed by atoms with Crippen LogP contribution in [0.2, 0.25) is 0 Å². The lowest BCUT2D eigenvalue weighted by atomic mass is 10.4. The second-order valence-electron chi connectivity index (χ2n) is 3.39. The summed E-state index contributed by atoms with van der Waals surface area (Å²) in [5, 5.41) is 0. The molecule has 6 N–H and O–H groups in total. The fraction of sp³-hybridized carbons (Fsp3) is 0.769. The highest BCUT2D eigenvalue weighted by atomic mass is 32.2. The highest BCUT2D eigenvalue weighted by Gasteiger charge is 1.80. The Morgan fingerprint density at radius 1 is 0.700 bits per heavy atom. The van der Waals surface area contributed by atoms with Crippen LogP contribution >= 0.6 is 11.8 Å². The molecule has 0 spiro atoms. The number of thioether (sulfide) groups is 1. The van der Waals surface area contributed by atoms with Crippen molar-refractivity contribution >= 4 is 30.6 Å². The number of carbonyl (C=O) groups is 3. The van der Waals surface area contributed by atoms with Gasteiger partial charge in [-0.15, -0.1) is 0 Å². The summed E-state index contributed by atoms with van der Waals surface area (Å²) in [7, 11) is 0. The molecular formula is C13H33N3O3S. The topological polar surface area (TPSA) is 129 Å². The third kappa shape index (κ3) is 166. The van der Waals surface area contributed by atoms with E-state index in [0.717, 1.165) is 0 Å². The van der Waals surface area contributed by atoms with Gasteiger partial charge < -0.3 is 31.6 Å². The molecule has 0 amide bonds. The summed E-state index contributed by atoms with van der Waals surface area (Å²) in [5.41, 5.74) is 14.8. The molecule has 20 heavy (non-hydrogen) atoms. The highest BCUT2D eigenvalue weighted by molar-refractivity contribution is 7.97. The van der Waals surface area contributed by atoms with Gasteiger partial charge in [0.1, 0.15) is 18.9 Å². The van der Waals surface area contributed by atoms with E-state index < -0.39 is 0 Å². The molecule has 0 aliphatic rings. The minimum Gasteiger partial charge on any atom is -0.322 e. The summed E-state index contributed by atoms with van der Waals surface area (Å²) in [5.74, 6) is 0. The Bertz CT molecular complexity index is 150. The van der Waals surface area contributed by atoms with Crippen molar-refractivity contribution in [2.45, 2.75) is 52.7 Å². The summed E-state index contributed by atoms with van der Waals surface area (Å²) >= 11 is 1.75. The predicted molar refractivity (Wildman–Crippen MR) is 89.9 cm³/mol. The Balaban J connectivity index is -0.0000000487. The van der Waals surface area contributed by atoms with Crippen LogP contribution in [-0.2, 0) is 14.4 Å². The van der Waals surface area contributed by atoms with Gasteiger partial charge in [-0.2, -0.15) is 11.8 Å². The van der Waals surface area contributed by atoms with Crippen LogP contribution in [0.1, 0.15) is 34.6 Å². The van der Waals surface area contributed by atoms with Gasteiger partial charge in [-0.3, -0.25) is 0 Å². The maximum Gasteiger partial charge on any atom is 0.136 e. The molecule has 0 aliphatic carbocycles. The molecule has 3 atom stereocenters. The molecule has 7 heteroatoms. The quantitative estimate of drug-likeness (QED) is 0.651. The summed E-state index contributed by atoms with van der Waals surface area (Å²) in [4.78, 5) is 28.1. The molecule has 0 radical (unpaired) electrons. The molecule has 0 bridgehead atoms. The summed E-state index contributed by atoms with van der Waals surface area (Å²) in [6, 6.07) is -0.889. The summed E-state index contributed by atoms with van der Waals surface area (Å²) in [6.07, 6.45) is 6.17. The second-order valence-corrected chi connectivity index (χ2v) is 4.21. The van der Waals surface area contributed by atoms with Gasteiger partial charge in [0.15, 0.2) is 0 Å². The van der Waals surface area contributed by atoms with Gasteiger partial charge in [0.25, 0.3) is 0 Å². The van der Waals surface area contributed by atoms with Crippen LogP contribution in [0.4, 0.5) is 0 Å². The van der Waals surface area contributed by atoms with Crippen molar-refractivity contribution < 1.29 is 14.4 Å². The highest BCUT2D eigenvalue weighted by Crippen LogP contribution is 1.70. The zero-order valence-electron chi connectivity index (χ0n) is 13.8. The Hall–Kier alpha value is -0.760. The minimum absolute atomic E-state index is 0.296. The van der Waals surface area contributed by atoms with E-state index in [1.165, 1.54) is 0 Å². The smallest absolute Gasteiger partial charge is 0.136 e. The number of rotatable bonds is 3. The summed E-state index contributed by atoms with van der Waals surface area (Å²) in [6.45, 7) is 8.90. The van der Waals surface area contributed by atoms with Crippen molar-refractivity contribution in [1.29, 1.82) is 0 Å². The van der Waals surface area contributed by atoms with E-state index >= 15 is 0 Å². The number of nitrogens with two attached hydrogens (primary N) is 3. The molecule has 124 valence electrons. The fourth-order valence-electron chi connectivity index (χ4n) is 0. The third-order valence-electron chi connectivity index (χ3n) is 0.644. The average molecular weight is 311 g/mol. The molecule has 0 aliphatic heterocycles. The number of carbonyl (C=O) groups excluding carboxylic acids is 3. The van der Waals surface area contributed by atoms with Crippen LogP contribution in [0.25, 0.3) is 0 Å². The lowest BCUT2D eigenvalue weighted by Gasteiger charge is -1.80. The van der Waals surface area contributed by atoms with Crippen molar-refractivity contribution in [1.82, 2.24) is 0 Å². The first kappa shape index (κ1) is 31.6. The molecule has 0 aromatic heterocycles. The van der Waals surface area contributed by atoms with E-state index in [1.54, 1.807) is 32.5 Å². The van der Waals surface area contributed by atoms with Crippen LogP contribution < -0.4 is 17.2 Å². The minimum atomic E-state index is -0.296. The Kier molecular flexibility index (Phi) is 57.1. The Labute approximate surface area is 128 Å². The van der Waals surface area contributed by atoms with Gasteiger partial charge in [-0.1, -0.05) is 13.8 Å². The van der Waals surface area contributed by atoms with Crippen LogP contribution in [0, 0.1) is 0 Å². The predicted octanol–water partition coefficient (Wildman–Crippen LogP) is 0.603. The molecule has 0 rings (SSSR count). The van der Waals surface area contributed by atoms with Crippen molar-refractivity contribution in [3.05, 3.63) is 0 Å². The lowest BCUT2D eigenvalue weighted by molar-refractivity contribution is -0.109. The van der Waals surface area contributed by atoms with Crippen molar-refractivity contribution in [2.24, 2.45) is 17.2 Å². The van der Waals surface area contributed by atoms with E-state index in [9.17, 15) is 14.4 Å². The maximum atomic E-state index is 9.38. The number of hydrogen-bond donors (Lipinski definition) is 3. The van der Waals surface area contributed by atoms with Gasteiger partial charge in [0.2, 0.25) is 0 Å². The third-order valence-corrected chi connectivity index (χ3v) is 0.644. The molecule has 0 aromatic rings. The molecule has 0 aromatic carbocycles. The largest absolute Gasteiger partial charge is 0.322 e. The summed E-state index contributed by atoms with van der Waals surface area (Å²) < 4.78 is 0. The number of aldehydes is 3. The zero-order chi connectivity index (χ0) is 17.6. The second kappa shape index (κ2) is 36.2. The molecule has 0 unspecified atom stereocenters. The van der Waals surface area contributed by atoms with Crippen molar-refractivity contribution in [2.75, 3.05) is 12.5 Å².